The Kier molecular flexibility index (Phi) is 7.08. The molecule has 1 aliphatic rings. The Balaban J connectivity index is 2.81. The molecular formula is C16H23NO4. The highest BCUT2D eigenvalue weighted by Gasteiger charge is 2.17. The number of hydrogen-bond donors (Lipinski definition) is 2. The molecule has 0 aliphatic heterocycles. The largest absolute Gasteiger partial charge is 0.394 e. The van der Waals surface area contributed by atoms with Crippen LogP contribution in [0.2, 0.25) is 0 Å². The van der Waals surface area contributed by atoms with Gasteiger partial charge >= 0.3 is 0 Å². The second-order valence-corrected chi connectivity index (χ2v) is 4.76. The van der Waals surface area contributed by atoms with Gasteiger partial charge in [0.15, 0.2) is 6.29 Å². The van der Waals surface area contributed by atoms with Crippen molar-refractivity contribution in [2.75, 3.05) is 13.7 Å². The van der Waals surface area contributed by atoms with Crippen molar-refractivity contribution in [2.45, 2.75) is 32.2 Å². The molecule has 1 rings (SSSR count). The van der Waals surface area contributed by atoms with Gasteiger partial charge in [-0.25, -0.2) is 0 Å². The number of nitrogens with zero attached hydrogens (tertiary/aromatic N) is 1. The lowest BCUT2D eigenvalue weighted by molar-refractivity contribution is -0.124. The van der Waals surface area contributed by atoms with Crippen LogP contribution in [-0.4, -0.2) is 47.1 Å². The van der Waals surface area contributed by atoms with E-state index in [0.717, 1.165) is 0 Å². The van der Waals surface area contributed by atoms with Gasteiger partial charge in [-0.3, -0.25) is 4.79 Å². The number of hydrogen-bond acceptors (Lipinski definition) is 4. The molecule has 0 aromatic rings. The molecule has 0 aromatic heterocycles. The van der Waals surface area contributed by atoms with Gasteiger partial charge in [-0.05, 0) is 19.0 Å². The van der Waals surface area contributed by atoms with E-state index in [0.29, 0.717) is 24.0 Å². The first-order valence-electron chi connectivity index (χ1n) is 6.94. The Morgan fingerprint density at radius 1 is 1.57 bits per heavy atom. The van der Waals surface area contributed by atoms with Crippen molar-refractivity contribution < 1.29 is 19.7 Å². The van der Waals surface area contributed by atoms with Crippen molar-refractivity contribution in [2.24, 2.45) is 0 Å². The van der Waals surface area contributed by atoms with E-state index in [-0.39, 0.29) is 12.5 Å². The first kappa shape index (κ1) is 17.4. The minimum absolute atomic E-state index is 0.135. The van der Waals surface area contributed by atoms with E-state index >= 15 is 0 Å². The maximum atomic E-state index is 12.0. The molecule has 0 radical (unpaired) electrons. The van der Waals surface area contributed by atoms with Gasteiger partial charge in [0.25, 0.3) is 5.91 Å². The molecule has 5 heteroatoms. The molecule has 0 heterocycles. The molecule has 2 atom stereocenters. The molecule has 21 heavy (non-hydrogen) atoms. The van der Waals surface area contributed by atoms with E-state index < -0.39 is 12.4 Å². The first-order valence-corrected chi connectivity index (χ1v) is 6.94. The molecule has 116 valence electrons. The summed E-state index contributed by atoms with van der Waals surface area (Å²) in [6, 6.07) is 0. The Morgan fingerprint density at radius 3 is 2.86 bits per heavy atom. The summed E-state index contributed by atoms with van der Waals surface area (Å²) in [5.41, 5.74) is 1.15. The minimum Gasteiger partial charge on any atom is -0.394 e. The van der Waals surface area contributed by atoms with Crippen LogP contribution < -0.4 is 0 Å². The van der Waals surface area contributed by atoms with E-state index in [1.807, 2.05) is 6.92 Å². The van der Waals surface area contributed by atoms with Gasteiger partial charge in [0.2, 0.25) is 0 Å². The van der Waals surface area contributed by atoms with Crippen LogP contribution in [0.4, 0.5) is 0 Å². The van der Waals surface area contributed by atoms with Crippen molar-refractivity contribution >= 4 is 5.91 Å². The first-order chi connectivity index (χ1) is 10.0. The third kappa shape index (κ3) is 4.97. The zero-order valence-electron chi connectivity index (χ0n) is 12.5. The van der Waals surface area contributed by atoms with E-state index in [1.165, 1.54) is 11.1 Å². The van der Waals surface area contributed by atoms with Crippen LogP contribution in [0.1, 0.15) is 19.8 Å². The second-order valence-electron chi connectivity index (χ2n) is 4.76. The Bertz CT molecular complexity index is 461. The summed E-state index contributed by atoms with van der Waals surface area (Å²) in [5, 5.41) is 19.1. The molecular weight excluding hydrogens is 270 g/mol. The van der Waals surface area contributed by atoms with Crippen LogP contribution in [0.3, 0.4) is 0 Å². The number of allylic oxidation sites excluding steroid dienone is 3. The number of ether oxygens (including phenoxy) is 1. The second kappa shape index (κ2) is 8.56. The van der Waals surface area contributed by atoms with Gasteiger partial charge in [0.05, 0.1) is 12.7 Å². The summed E-state index contributed by atoms with van der Waals surface area (Å²) in [5.74, 6) is -0.135. The van der Waals surface area contributed by atoms with Gasteiger partial charge in [0, 0.05) is 18.2 Å². The van der Waals surface area contributed by atoms with E-state index in [9.17, 15) is 9.90 Å². The zero-order valence-corrected chi connectivity index (χ0v) is 12.5. The Labute approximate surface area is 125 Å². The molecule has 0 aromatic carbocycles. The van der Waals surface area contributed by atoms with E-state index in [1.54, 1.807) is 31.4 Å². The van der Waals surface area contributed by atoms with E-state index in [2.05, 4.69) is 6.58 Å². The fourth-order valence-corrected chi connectivity index (χ4v) is 1.80. The SMILES string of the molecule is C=CN(C)C(=O)C1=CC=C(C(O)O[C@H](CC)CO)C=CC1. The van der Waals surface area contributed by atoms with Crippen molar-refractivity contribution in [1.29, 1.82) is 0 Å². The Hall–Kier alpha value is -1.69. The van der Waals surface area contributed by atoms with Gasteiger partial charge in [-0.2, -0.15) is 0 Å². The van der Waals surface area contributed by atoms with Crippen molar-refractivity contribution in [3.8, 4) is 0 Å². The fraction of sp³-hybridized carbons (Fsp3) is 0.438. The molecule has 2 N–H and O–H groups in total. The zero-order chi connectivity index (χ0) is 15.8. The number of rotatable bonds is 7. The van der Waals surface area contributed by atoms with Crippen LogP contribution in [0.5, 0.6) is 0 Å². The monoisotopic (exact) mass is 293 g/mol. The quantitative estimate of drug-likeness (QED) is 0.698. The Morgan fingerprint density at radius 2 is 2.29 bits per heavy atom. The van der Waals surface area contributed by atoms with Crippen molar-refractivity contribution in [3.05, 3.63) is 48.2 Å². The van der Waals surface area contributed by atoms with Crippen LogP contribution in [0, 0.1) is 0 Å². The molecule has 0 fully saturated rings. The van der Waals surface area contributed by atoms with Crippen LogP contribution >= 0.6 is 0 Å². The van der Waals surface area contributed by atoms with Gasteiger partial charge in [0.1, 0.15) is 0 Å². The number of likely N-dealkylation sites (N-methyl/N-ethyl adjacent to an activating group) is 1. The summed E-state index contributed by atoms with van der Waals surface area (Å²) < 4.78 is 5.35. The molecule has 0 bridgehead atoms. The lowest BCUT2D eigenvalue weighted by Gasteiger charge is -2.19. The summed E-state index contributed by atoms with van der Waals surface area (Å²) in [7, 11) is 1.64. The molecule has 0 saturated heterocycles. The van der Waals surface area contributed by atoms with Gasteiger partial charge in [-0.15, -0.1) is 0 Å². The maximum absolute atomic E-state index is 12.0. The normalized spacial score (nSPS) is 17.3. The summed E-state index contributed by atoms with van der Waals surface area (Å²) >= 11 is 0. The highest BCUT2D eigenvalue weighted by atomic mass is 16.6. The lowest BCUT2D eigenvalue weighted by Crippen LogP contribution is -2.25. The highest BCUT2D eigenvalue weighted by molar-refractivity contribution is 5.94. The molecule has 0 spiro atoms. The van der Waals surface area contributed by atoms with Gasteiger partial charge in [-0.1, -0.05) is 37.8 Å². The number of aliphatic hydroxyl groups excluding tert-OH is 2. The third-order valence-corrected chi connectivity index (χ3v) is 3.26. The molecule has 1 unspecified atom stereocenters. The molecule has 1 aliphatic carbocycles. The summed E-state index contributed by atoms with van der Waals surface area (Å²) in [6.45, 7) is 5.28. The van der Waals surface area contributed by atoms with Crippen LogP contribution in [0.15, 0.2) is 48.2 Å². The van der Waals surface area contributed by atoms with Crippen LogP contribution in [-0.2, 0) is 9.53 Å². The van der Waals surface area contributed by atoms with Crippen LogP contribution in [0.25, 0.3) is 0 Å². The number of amides is 1. The van der Waals surface area contributed by atoms with E-state index in [4.69, 9.17) is 9.84 Å². The summed E-state index contributed by atoms with van der Waals surface area (Å²) in [4.78, 5) is 13.4. The van der Waals surface area contributed by atoms with Crippen molar-refractivity contribution in [3.63, 3.8) is 0 Å². The maximum Gasteiger partial charge on any atom is 0.253 e. The third-order valence-electron chi connectivity index (χ3n) is 3.26. The van der Waals surface area contributed by atoms with Crippen molar-refractivity contribution in [1.82, 2.24) is 4.90 Å². The molecule has 5 nitrogen and oxygen atoms in total. The average Bonchev–Trinajstić information content (AvgIpc) is 2.76. The predicted octanol–water partition coefficient (Wildman–Crippen LogP) is 1.51. The minimum atomic E-state index is -1.12. The standard InChI is InChI=1S/C16H23NO4/c1-4-14(11-18)21-16(20)13-8-6-7-12(9-10-13)15(19)17(3)5-2/h5-6,8-10,14,16,18,20H,2,4,7,11H2,1,3H3/t14-,16?/m1/s1. The highest BCUT2D eigenvalue weighted by Crippen LogP contribution is 2.17. The van der Waals surface area contributed by atoms with Gasteiger partial charge < -0.3 is 19.8 Å². The molecule has 0 saturated carbocycles. The predicted molar refractivity (Wildman–Crippen MR) is 81.1 cm³/mol. The fourth-order valence-electron chi connectivity index (χ4n) is 1.80. The lowest BCUT2D eigenvalue weighted by atomic mass is 10.1. The summed E-state index contributed by atoms with van der Waals surface area (Å²) in [6.07, 6.45) is 7.84. The number of aliphatic hydroxyl groups is 2. The number of carbonyl (C=O) groups excluding carboxylic acids is 1. The molecule has 1 amide bonds. The topological polar surface area (TPSA) is 70.0 Å². The smallest absolute Gasteiger partial charge is 0.253 e. The number of carbonyl (C=O) groups is 1. The average molecular weight is 293 g/mol.